The highest BCUT2D eigenvalue weighted by Gasteiger charge is 2.27. The van der Waals surface area contributed by atoms with Crippen molar-refractivity contribution in [1.29, 1.82) is 0 Å². The summed E-state index contributed by atoms with van der Waals surface area (Å²) in [4.78, 5) is 16.0. The van der Waals surface area contributed by atoms with Gasteiger partial charge in [0.25, 0.3) is 5.91 Å². The summed E-state index contributed by atoms with van der Waals surface area (Å²) in [6.45, 7) is 3.66. The molecule has 0 aliphatic carbocycles. The summed E-state index contributed by atoms with van der Waals surface area (Å²) < 4.78 is 26.0. The average Bonchev–Trinajstić information content (AvgIpc) is 2.73. The van der Waals surface area contributed by atoms with Crippen molar-refractivity contribution in [2.45, 2.75) is 38.6 Å². The molecule has 0 bridgehead atoms. The number of carbonyl (C=O) groups is 1. The van der Waals surface area contributed by atoms with E-state index in [1.165, 1.54) is 0 Å². The number of nitrogens with one attached hydrogen (secondary N) is 3. The molecule has 0 saturated carbocycles. The zero-order valence-corrected chi connectivity index (χ0v) is 21.1. The third-order valence-electron chi connectivity index (χ3n) is 5.00. The second kappa shape index (κ2) is 13.1. The minimum Gasteiger partial charge on any atom is -0.356 e. The van der Waals surface area contributed by atoms with E-state index in [4.69, 9.17) is 0 Å². The van der Waals surface area contributed by atoms with Gasteiger partial charge in [0.05, 0.1) is 5.75 Å². The van der Waals surface area contributed by atoms with Crippen LogP contribution in [0.1, 0.15) is 42.1 Å². The molecule has 1 fully saturated rings. The van der Waals surface area contributed by atoms with E-state index < -0.39 is 10.0 Å². The second-order valence-electron chi connectivity index (χ2n) is 7.16. The Morgan fingerprint density at radius 3 is 2.57 bits per heavy atom. The first-order chi connectivity index (χ1) is 13.9. The lowest BCUT2D eigenvalue weighted by molar-refractivity contribution is 0.0963. The number of hydrogen-bond donors (Lipinski definition) is 3. The van der Waals surface area contributed by atoms with Gasteiger partial charge in [-0.2, -0.15) is 0 Å². The number of benzene rings is 1. The Bertz CT molecular complexity index is 808. The monoisotopic (exact) mass is 551 g/mol. The van der Waals surface area contributed by atoms with Gasteiger partial charge in [0.1, 0.15) is 0 Å². The van der Waals surface area contributed by atoms with Crippen molar-refractivity contribution in [3.63, 3.8) is 0 Å². The molecule has 8 nitrogen and oxygen atoms in total. The lowest BCUT2D eigenvalue weighted by Gasteiger charge is -2.32. The fourth-order valence-electron chi connectivity index (χ4n) is 3.39. The first kappa shape index (κ1) is 26.6. The van der Waals surface area contributed by atoms with Crippen molar-refractivity contribution in [2.75, 3.05) is 39.5 Å². The number of carbonyl (C=O) groups excluding carboxylic acids is 1. The molecule has 0 radical (unpaired) electrons. The van der Waals surface area contributed by atoms with Crippen molar-refractivity contribution >= 4 is 45.9 Å². The van der Waals surface area contributed by atoms with Crippen molar-refractivity contribution in [2.24, 2.45) is 4.99 Å². The van der Waals surface area contributed by atoms with Gasteiger partial charge in [-0.1, -0.05) is 19.1 Å². The van der Waals surface area contributed by atoms with Gasteiger partial charge in [0.15, 0.2) is 5.96 Å². The highest BCUT2D eigenvalue weighted by Crippen LogP contribution is 2.15. The standard InChI is InChI=1S/C20H33N5O3S.HI/c1-4-14-29(27,28)25-12-9-18(10-13-25)24-20(22-3)23-11-8-16-6-5-7-17(15-16)19(26)21-2;/h5-7,15,18H,4,8-14H2,1-3H3,(H,21,26)(H2,22,23,24);1H. The molecule has 0 aromatic heterocycles. The van der Waals surface area contributed by atoms with E-state index in [2.05, 4.69) is 20.9 Å². The number of piperidine rings is 1. The maximum Gasteiger partial charge on any atom is 0.251 e. The summed E-state index contributed by atoms with van der Waals surface area (Å²) in [6, 6.07) is 7.77. The van der Waals surface area contributed by atoms with Crippen LogP contribution in [-0.2, 0) is 16.4 Å². The van der Waals surface area contributed by atoms with Crippen LogP contribution in [0.2, 0.25) is 0 Å². The zero-order valence-electron chi connectivity index (χ0n) is 18.0. The second-order valence-corrected chi connectivity index (χ2v) is 9.25. The lowest BCUT2D eigenvalue weighted by Crippen LogP contribution is -2.50. The molecule has 1 amide bonds. The Kier molecular flexibility index (Phi) is 11.6. The van der Waals surface area contributed by atoms with Crippen molar-refractivity contribution in [1.82, 2.24) is 20.3 Å². The van der Waals surface area contributed by atoms with E-state index in [-0.39, 0.29) is 41.7 Å². The molecular weight excluding hydrogens is 517 g/mol. The minimum absolute atomic E-state index is 0. The van der Waals surface area contributed by atoms with E-state index >= 15 is 0 Å². The summed E-state index contributed by atoms with van der Waals surface area (Å²) in [5.41, 5.74) is 1.72. The molecule has 0 unspecified atom stereocenters. The van der Waals surface area contributed by atoms with Crippen LogP contribution >= 0.6 is 24.0 Å². The van der Waals surface area contributed by atoms with Gasteiger partial charge < -0.3 is 16.0 Å². The summed E-state index contributed by atoms with van der Waals surface area (Å²) in [6.07, 6.45) is 2.93. The molecule has 1 aliphatic heterocycles. The van der Waals surface area contributed by atoms with E-state index in [0.717, 1.165) is 24.8 Å². The number of hydrogen-bond acceptors (Lipinski definition) is 4. The Morgan fingerprint density at radius 1 is 1.27 bits per heavy atom. The highest BCUT2D eigenvalue weighted by atomic mass is 127. The van der Waals surface area contributed by atoms with E-state index in [1.54, 1.807) is 24.5 Å². The first-order valence-corrected chi connectivity index (χ1v) is 11.8. The molecule has 170 valence electrons. The zero-order chi connectivity index (χ0) is 21.3. The Morgan fingerprint density at radius 2 is 1.97 bits per heavy atom. The molecule has 30 heavy (non-hydrogen) atoms. The third-order valence-corrected chi connectivity index (χ3v) is 7.07. The predicted molar refractivity (Wildman–Crippen MR) is 132 cm³/mol. The molecule has 1 aromatic carbocycles. The molecule has 0 atom stereocenters. The smallest absolute Gasteiger partial charge is 0.251 e. The van der Waals surface area contributed by atoms with Gasteiger partial charge in [0.2, 0.25) is 10.0 Å². The van der Waals surface area contributed by atoms with Gasteiger partial charge in [-0.15, -0.1) is 24.0 Å². The van der Waals surface area contributed by atoms with Gasteiger partial charge in [-0.25, -0.2) is 12.7 Å². The van der Waals surface area contributed by atoms with Crippen molar-refractivity contribution < 1.29 is 13.2 Å². The Hall–Kier alpha value is -1.40. The number of aliphatic imine (C=N–C) groups is 1. The Balaban J connectivity index is 0.00000450. The molecule has 3 N–H and O–H groups in total. The SMILES string of the molecule is CCCS(=O)(=O)N1CCC(NC(=NC)NCCc2cccc(C(=O)NC)c2)CC1.I. The molecule has 1 heterocycles. The number of amides is 1. The van der Waals surface area contributed by atoms with Crippen molar-refractivity contribution in [3.05, 3.63) is 35.4 Å². The van der Waals surface area contributed by atoms with Gasteiger partial charge in [-0.05, 0) is 43.4 Å². The number of rotatable bonds is 8. The minimum atomic E-state index is -3.12. The molecular formula is C20H34IN5O3S. The molecule has 2 rings (SSSR count). The van der Waals surface area contributed by atoms with Crippen LogP contribution in [0.3, 0.4) is 0 Å². The lowest BCUT2D eigenvalue weighted by atomic mass is 10.1. The van der Waals surface area contributed by atoms with Crippen LogP contribution in [-0.4, -0.2) is 70.1 Å². The largest absolute Gasteiger partial charge is 0.356 e. The Labute approximate surface area is 197 Å². The predicted octanol–water partition coefficient (Wildman–Crippen LogP) is 1.58. The van der Waals surface area contributed by atoms with Crippen LogP contribution in [0.5, 0.6) is 0 Å². The van der Waals surface area contributed by atoms with Crippen LogP contribution in [0, 0.1) is 0 Å². The summed E-state index contributed by atoms with van der Waals surface area (Å²) in [5.74, 6) is 0.835. The van der Waals surface area contributed by atoms with Crippen LogP contribution < -0.4 is 16.0 Å². The fourth-order valence-corrected chi connectivity index (χ4v) is 4.93. The topological polar surface area (TPSA) is 103 Å². The summed E-state index contributed by atoms with van der Waals surface area (Å²) >= 11 is 0. The van der Waals surface area contributed by atoms with Gasteiger partial charge in [-0.3, -0.25) is 9.79 Å². The van der Waals surface area contributed by atoms with E-state index in [9.17, 15) is 13.2 Å². The summed E-state index contributed by atoms with van der Waals surface area (Å²) in [5, 5.41) is 9.32. The highest BCUT2D eigenvalue weighted by molar-refractivity contribution is 14.0. The van der Waals surface area contributed by atoms with Gasteiger partial charge >= 0.3 is 0 Å². The number of nitrogens with zero attached hydrogens (tertiary/aromatic N) is 2. The third kappa shape index (κ3) is 8.03. The normalized spacial score (nSPS) is 15.9. The molecule has 0 spiro atoms. The first-order valence-electron chi connectivity index (χ1n) is 10.2. The van der Waals surface area contributed by atoms with Crippen molar-refractivity contribution in [3.8, 4) is 0 Å². The number of sulfonamides is 1. The van der Waals surface area contributed by atoms with E-state index in [1.807, 2.05) is 25.1 Å². The maximum atomic E-state index is 12.2. The number of guanidine groups is 1. The molecule has 1 aromatic rings. The average molecular weight is 551 g/mol. The van der Waals surface area contributed by atoms with Gasteiger partial charge in [0, 0.05) is 45.3 Å². The maximum absolute atomic E-state index is 12.2. The van der Waals surface area contributed by atoms with Crippen LogP contribution in [0.4, 0.5) is 0 Å². The quantitative estimate of drug-likeness (QED) is 0.259. The molecule has 1 aliphatic rings. The number of halogens is 1. The summed E-state index contributed by atoms with van der Waals surface area (Å²) in [7, 11) is 0.229. The molecule has 1 saturated heterocycles. The fraction of sp³-hybridized carbons (Fsp3) is 0.600. The van der Waals surface area contributed by atoms with Crippen LogP contribution in [0.15, 0.2) is 29.3 Å². The van der Waals surface area contributed by atoms with E-state index in [0.29, 0.717) is 37.6 Å². The van der Waals surface area contributed by atoms with Crippen LogP contribution in [0.25, 0.3) is 0 Å². The molecule has 10 heteroatoms.